The van der Waals surface area contributed by atoms with Crippen molar-refractivity contribution in [2.75, 3.05) is 0 Å². The Labute approximate surface area is 218 Å². The molecule has 0 radical (unpaired) electrons. The van der Waals surface area contributed by atoms with Crippen LogP contribution in [0.5, 0.6) is 0 Å². The molecule has 0 saturated heterocycles. The van der Waals surface area contributed by atoms with Gasteiger partial charge in [-0.05, 0) is 34.4 Å². The lowest BCUT2D eigenvalue weighted by atomic mass is 9.96. The zero-order chi connectivity index (χ0) is 23.9. The van der Waals surface area contributed by atoms with E-state index in [9.17, 15) is 0 Å². The van der Waals surface area contributed by atoms with Crippen LogP contribution in [0.25, 0.3) is 63.3 Å². The van der Waals surface area contributed by atoms with E-state index >= 15 is 0 Å². The first kappa shape index (κ1) is 21.3. The fraction of sp³-hybridized carbons (Fsp3) is 0. The summed E-state index contributed by atoms with van der Waals surface area (Å²) in [6.45, 7) is 0. The molecular weight excluding hydrogens is 473 g/mol. The molecule has 5 aromatic carbocycles. The Morgan fingerprint density at radius 2 is 0.639 bits per heavy atom. The van der Waals surface area contributed by atoms with Crippen molar-refractivity contribution in [1.82, 2.24) is 0 Å². The van der Waals surface area contributed by atoms with Crippen LogP contribution in [0.1, 0.15) is 0 Å². The summed E-state index contributed by atoms with van der Waals surface area (Å²) in [7, 11) is 0. The third-order valence-corrected chi connectivity index (χ3v) is 9.10. The van der Waals surface area contributed by atoms with Crippen molar-refractivity contribution in [2.45, 2.75) is 0 Å². The molecular formula is C34H22S2. The Balaban J connectivity index is 1.57. The molecule has 7 aromatic rings. The first-order valence-electron chi connectivity index (χ1n) is 12.1. The molecule has 7 rings (SSSR count). The lowest BCUT2D eigenvalue weighted by Gasteiger charge is -2.06. The molecule has 0 nitrogen and oxygen atoms in total. The highest BCUT2D eigenvalue weighted by molar-refractivity contribution is 7.24. The first-order chi connectivity index (χ1) is 17.9. The van der Waals surface area contributed by atoms with Crippen LogP contribution in [0, 0.1) is 0 Å². The second-order valence-corrected chi connectivity index (χ2v) is 11.0. The Hall–Kier alpha value is -3.98. The van der Waals surface area contributed by atoms with Gasteiger partial charge in [-0.25, -0.2) is 0 Å². The van der Waals surface area contributed by atoms with Gasteiger partial charge in [0.05, 0.1) is 0 Å². The molecule has 0 amide bonds. The molecule has 0 bridgehead atoms. The predicted molar refractivity (Wildman–Crippen MR) is 159 cm³/mol. The fourth-order valence-corrected chi connectivity index (χ4v) is 7.56. The van der Waals surface area contributed by atoms with Gasteiger partial charge in [-0.1, -0.05) is 121 Å². The molecule has 0 atom stereocenters. The highest BCUT2D eigenvalue weighted by atomic mass is 32.1. The number of benzene rings is 5. The SMILES string of the molecule is c1ccc(-c2sc3cc4c(-c5ccccc5)c(-c5ccccc5)sc4cc3c2-c2ccccc2)cc1. The summed E-state index contributed by atoms with van der Waals surface area (Å²) < 4.78 is 2.66. The van der Waals surface area contributed by atoms with E-state index < -0.39 is 0 Å². The molecule has 0 aliphatic heterocycles. The number of fused-ring (bicyclic) bond motifs is 2. The molecule has 0 aliphatic carbocycles. The average molecular weight is 495 g/mol. The Kier molecular flexibility index (Phi) is 5.27. The molecule has 0 unspecified atom stereocenters. The minimum absolute atomic E-state index is 1.27. The highest BCUT2D eigenvalue weighted by Crippen LogP contribution is 2.50. The summed E-state index contributed by atoms with van der Waals surface area (Å²) >= 11 is 3.80. The van der Waals surface area contributed by atoms with Gasteiger partial charge in [0.25, 0.3) is 0 Å². The van der Waals surface area contributed by atoms with E-state index in [0.29, 0.717) is 0 Å². The van der Waals surface area contributed by atoms with Crippen molar-refractivity contribution >= 4 is 42.8 Å². The van der Waals surface area contributed by atoms with E-state index in [4.69, 9.17) is 0 Å². The van der Waals surface area contributed by atoms with Crippen molar-refractivity contribution in [3.8, 4) is 43.1 Å². The molecule has 2 heteroatoms. The summed E-state index contributed by atoms with van der Waals surface area (Å²) in [6, 6.07) is 48.1. The Morgan fingerprint density at radius 3 is 0.972 bits per heavy atom. The normalized spacial score (nSPS) is 11.3. The number of thiophene rings is 2. The molecule has 0 spiro atoms. The lowest BCUT2D eigenvalue weighted by Crippen LogP contribution is -1.81. The van der Waals surface area contributed by atoms with Crippen LogP contribution in [-0.4, -0.2) is 0 Å². The monoisotopic (exact) mass is 494 g/mol. The van der Waals surface area contributed by atoms with E-state index in [1.54, 1.807) is 0 Å². The van der Waals surface area contributed by atoms with Crippen LogP contribution in [-0.2, 0) is 0 Å². The van der Waals surface area contributed by atoms with Crippen LogP contribution < -0.4 is 0 Å². The Morgan fingerprint density at radius 1 is 0.333 bits per heavy atom. The summed E-state index contributed by atoms with van der Waals surface area (Å²) in [5.41, 5.74) is 7.75. The van der Waals surface area contributed by atoms with E-state index in [-0.39, 0.29) is 0 Å². The van der Waals surface area contributed by atoms with Gasteiger partial charge < -0.3 is 0 Å². The third-order valence-electron chi connectivity index (χ3n) is 6.70. The Bertz CT molecular complexity index is 1660. The second kappa shape index (κ2) is 8.91. The van der Waals surface area contributed by atoms with Crippen LogP contribution in [0.4, 0.5) is 0 Å². The minimum Gasteiger partial charge on any atom is -0.135 e. The number of hydrogen-bond acceptors (Lipinski definition) is 2. The summed E-state index contributed by atoms with van der Waals surface area (Å²) in [6.07, 6.45) is 0. The van der Waals surface area contributed by atoms with Crippen LogP contribution in [0.2, 0.25) is 0 Å². The molecule has 2 heterocycles. The fourth-order valence-electron chi connectivity index (χ4n) is 5.05. The summed E-state index contributed by atoms with van der Waals surface area (Å²) in [4.78, 5) is 2.66. The highest BCUT2D eigenvalue weighted by Gasteiger charge is 2.20. The standard InChI is InChI=1S/C34H22S2/c1-5-13-23(14-6-1)31-27-21-30-28(22-29(27)35-33(31)25-17-9-3-10-18-25)32(24-15-7-2-8-16-24)34(36-30)26-19-11-4-12-20-26/h1-22H. The van der Waals surface area contributed by atoms with Crippen molar-refractivity contribution in [3.05, 3.63) is 133 Å². The number of rotatable bonds is 4. The molecule has 0 aliphatic rings. The van der Waals surface area contributed by atoms with Gasteiger partial charge >= 0.3 is 0 Å². The maximum absolute atomic E-state index is 2.43. The van der Waals surface area contributed by atoms with Gasteiger partial charge in [0.1, 0.15) is 0 Å². The maximum Gasteiger partial charge on any atom is 0.0433 e. The molecule has 0 saturated carbocycles. The topological polar surface area (TPSA) is 0 Å². The van der Waals surface area contributed by atoms with E-state index in [1.807, 2.05) is 22.7 Å². The van der Waals surface area contributed by atoms with Crippen molar-refractivity contribution in [2.24, 2.45) is 0 Å². The number of hydrogen-bond donors (Lipinski definition) is 0. The van der Waals surface area contributed by atoms with Gasteiger partial charge in [-0.15, -0.1) is 22.7 Å². The van der Waals surface area contributed by atoms with Gasteiger partial charge in [-0.2, -0.15) is 0 Å². The van der Waals surface area contributed by atoms with Crippen LogP contribution in [0.3, 0.4) is 0 Å². The zero-order valence-electron chi connectivity index (χ0n) is 19.5. The lowest BCUT2D eigenvalue weighted by molar-refractivity contribution is 1.66. The molecule has 170 valence electrons. The van der Waals surface area contributed by atoms with Gasteiger partial charge in [0.15, 0.2) is 0 Å². The van der Waals surface area contributed by atoms with Crippen LogP contribution >= 0.6 is 22.7 Å². The smallest absolute Gasteiger partial charge is 0.0433 e. The molecule has 0 fully saturated rings. The van der Waals surface area contributed by atoms with Crippen molar-refractivity contribution in [3.63, 3.8) is 0 Å². The maximum atomic E-state index is 2.43. The second-order valence-electron chi connectivity index (χ2n) is 8.92. The first-order valence-corrected chi connectivity index (χ1v) is 13.7. The average Bonchev–Trinajstić information content (AvgIpc) is 3.52. The van der Waals surface area contributed by atoms with E-state index in [0.717, 1.165) is 0 Å². The minimum atomic E-state index is 1.27. The van der Waals surface area contributed by atoms with Gasteiger partial charge in [0, 0.05) is 41.1 Å². The molecule has 36 heavy (non-hydrogen) atoms. The summed E-state index contributed by atoms with van der Waals surface area (Å²) in [5, 5.41) is 2.66. The quantitative estimate of drug-likeness (QED) is 0.228. The van der Waals surface area contributed by atoms with Crippen molar-refractivity contribution < 1.29 is 0 Å². The summed E-state index contributed by atoms with van der Waals surface area (Å²) in [5.74, 6) is 0. The van der Waals surface area contributed by atoms with E-state index in [2.05, 4.69) is 133 Å². The van der Waals surface area contributed by atoms with E-state index in [1.165, 1.54) is 63.3 Å². The van der Waals surface area contributed by atoms with Gasteiger partial charge in [-0.3, -0.25) is 0 Å². The van der Waals surface area contributed by atoms with Gasteiger partial charge in [0.2, 0.25) is 0 Å². The molecule has 2 aromatic heterocycles. The molecule has 0 N–H and O–H groups in total. The van der Waals surface area contributed by atoms with Crippen molar-refractivity contribution in [1.29, 1.82) is 0 Å². The zero-order valence-corrected chi connectivity index (χ0v) is 21.2. The largest absolute Gasteiger partial charge is 0.135 e. The predicted octanol–water partition coefficient (Wildman–Crippen LogP) is 10.8. The van der Waals surface area contributed by atoms with Crippen LogP contribution in [0.15, 0.2) is 133 Å². The third kappa shape index (κ3) is 3.58.